The van der Waals surface area contributed by atoms with Gasteiger partial charge in [-0.3, -0.25) is 4.79 Å². The van der Waals surface area contributed by atoms with Crippen LogP contribution in [0.1, 0.15) is 78.1 Å². The number of carbonyl (C=O) groups is 4. The van der Waals surface area contributed by atoms with Crippen molar-refractivity contribution < 1.29 is 38.1 Å². The summed E-state index contributed by atoms with van der Waals surface area (Å²) in [6.07, 6.45) is 7.93. The molecule has 10 nitrogen and oxygen atoms in total. The maximum atomic E-state index is 12.3. The van der Waals surface area contributed by atoms with E-state index in [1.54, 1.807) is 60.7 Å². The fraction of sp³-hybridized carbons (Fsp3) is 0.294. The van der Waals surface area contributed by atoms with Gasteiger partial charge < -0.3 is 30.4 Å². The largest absolute Gasteiger partial charge is 0.462 e. The van der Waals surface area contributed by atoms with Crippen LogP contribution in [0.15, 0.2) is 72.8 Å². The Morgan fingerprint density at radius 1 is 0.659 bits per heavy atom. The van der Waals surface area contributed by atoms with Crippen LogP contribution in [0, 0.1) is 0 Å². The number of benzene rings is 3. The van der Waals surface area contributed by atoms with Crippen LogP contribution in [0.4, 0.5) is 11.4 Å². The molecule has 0 spiro atoms. The monoisotopic (exact) mass is 602 g/mol. The molecule has 44 heavy (non-hydrogen) atoms. The summed E-state index contributed by atoms with van der Waals surface area (Å²) >= 11 is 0. The average Bonchev–Trinajstić information content (AvgIpc) is 3.00. The lowest BCUT2D eigenvalue weighted by molar-refractivity contribution is -0.134. The number of anilines is 2. The van der Waals surface area contributed by atoms with Crippen LogP contribution < -0.4 is 20.9 Å². The smallest absolute Gasteiger partial charge is 0.338 e. The molecule has 10 heteroatoms. The van der Waals surface area contributed by atoms with Gasteiger partial charge >= 0.3 is 23.9 Å². The lowest BCUT2D eigenvalue weighted by Gasteiger charge is -2.07. The zero-order chi connectivity index (χ0) is 31.7. The minimum atomic E-state index is -0.581. The van der Waals surface area contributed by atoms with Crippen LogP contribution in [0.3, 0.4) is 0 Å². The lowest BCUT2D eigenvalue weighted by atomic mass is 10.1. The molecule has 0 aromatic heterocycles. The molecule has 0 aliphatic carbocycles. The molecule has 0 aliphatic rings. The van der Waals surface area contributed by atoms with Gasteiger partial charge in [-0.25, -0.2) is 14.4 Å². The summed E-state index contributed by atoms with van der Waals surface area (Å²) in [4.78, 5) is 48.4. The van der Waals surface area contributed by atoms with Gasteiger partial charge in [-0.15, -0.1) is 0 Å². The Balaban J connectivity index is 1.32. The molecule has 0 aliphatic heterocycles. The molecule has 3 aromatic carbocycles. The second-order valence-corrected chi connectivity index (χ2v) is 10.00. The number of unbranched alkanes of at least 4 members (excludes halogenated alkanes) is 4. The Bertz CT molecular complexity index is 1410. The van der Waals surface area contributed by atoms with E-state index < -0.39 is 17.9 Å². The van der Waals surface area contributed by atoms with Gasteiger partial charge in [0.1, 0.15) is 11.5 Å². The summed E-state index contributed by atoms with van der Waals surface area (Å²) in [5.41, 5.74) is 13.6. The molecule has 3 aromatic rings. The van der Waals surface area contributed by atoms with Crippen LogP contribution in [0.2, 0.25) is 0 Å². The maximum Gasteiger partial charge on any atom is 0.338 e. The molecule has 0 saturated carbocycles. The molecule has 0 amide bonds. The van der Waals surface area contributed by atoms with Crippen molar-refractivity contribution >= 4 is 41.3 Å². The minimum Gasteiger partial charge on any atom is -0.462 e. The topological polar surface area (TPSA) is 157 Å². The zero-order valence-electron chi connectivity index (χ0n) is 24.8. The Morgan fingerprint density at radius 2 is 1.23 bits per heavy atom. The van der Waals surface area contributed by atoms with E-state index >= 15 is 0 Å². The van der Waals surface area contributed by atoms with Gasteiger partial charge in [-0.2, -0.15) is 0 Å². The molecular weight excluding hydrogens is 564 g/mol. The summed E-state index contributed by atoms with van der Waals surface area (Å²) in [5, 5.41) is 0. The van der Waals surface area contributed by atoms with Crippen molar-refractivity contribution in [2.24, 2.45) is 0 Å². The van der Waals surface area contributed by atoms with Crippen molar-refractivity contribution in [3.8, 4) is 11.5 Å². The number of rotatable bonds is 16. The number of nitrogens with two attached hydrogens (primary N) is 2. The van der Waals surface area contributed by atoms with Crippen molar-refractivity contribution in [2.75, 3.05) is 24.7 Å². The quantitative estimate of drug-likeness (QED) is 0.0641. The van der Waals surface area contributed by atoms with Crippen molar-refractivity contribution in [1.29, 1.82) is 0 Å². The van der Waals surface area contributed by atoms with E-state index in [2.05, 4.69) is 6.92 Å². The third kappa shape index (κ3) is 12.0. The predicted octanol–water partition coefficient (Wildman–Crippen LogP) is 6.14. The SMILES string of the molecule is CCCCCC(=O)Oc1ccc(OC(=O)/C=C/c2ccc(C(=O)OCCCCCOC(=O)c3cc(N)cc(N)c3)cc2)cc1. The number of hydrogen-bond donors (Lipinski definition) is 2. The van der Waals surface area contributed by atoms with Gasteiger partial charge in [-0.1, -0.05) is 31.9 Å². The van der Waals surface area contributed by atoms with E-state index in [1.807, 2.05) is 0 Å². The van der Waals surface area contributed by atoms with Gasteiger partial charge in [0.2, 0.25) is 0 Å². The normalized spacial score (nSPS) is 10.8. The van der Waals surface area contributed by atoms with Gasteiger partial charge in [0.25, 0.3) is 0 Å². The van der Waals surface area contributed by atoms with Crippen molar-refractivity contribution in [3.63, 3.8) is 0 Å². The first-order valence-electron chi connectivity index (χ1n) is 14.5. The molecule has 0 bridgehead atoms. The highest BCUT2D eigenvalue weighted by Gasteiger charge is 2.10. The molecule has 0 unspecified atom stereocenters. The van der Waals surface area contributed by atoms with Crippen LogP contribution >= 0.6 is 0 Å². The molecule has 232 valence electrons. The first-order valence-corrected chi connectivity index (χ1v) is 14.5. The second-order valence-electron chi connectivity index (χ2n) is 10.00. The molecule has 3 rings (SSSR count). The summed E-state index contributed by atoms with van der Waals surface area (Å²) in [6, 6.07) is 17.4. The van der Waals surface area contributed by atoms with E-state index in [0.29, 0.717) is 65.2 Å². The molecule has 0 saturated heterocycles. The maximum absolute atomic E-state index is 12.3. The van der Waals surface area contributed by atoms with Gasteiger partial charge in [-0.05, 0) is 91.9 Å². The third-order valence-electron chi connectivity index (χ3n) is 6.28. The van der Waals surface area contributed by atoms with Gasteiger partial charge in [0.05, 0.1) is 24.3 Å². The molecule has 0 fully saturated rings. The molecule has 0 radical (unpaired) electrons. The third-order valence-corrected chi connectivity index (χ3v) is 6.28. The fourth-order valence-corrected chi connectivity index (χ4v) is 3.99. The van der Waals surface area contributed by atoms with E-state index in [-0.39, 0.29) is 19.2 Å². The first kappa shape index (κ1) is 33.4. The average molecular weight is 603 g/mol. The van der Waals surface area contributed by atoms with Crippen molar-refractivity contribution in [1.82, 2.24) is 0 Å². The predicted molar refractivity (Wildman–Crippen MR) is 167 cm³/mol. The van der Waals surface area contributed by atoms with Gasteiger partial charge in [0.15, 0.2) is 0 Å². The number of esters is 4. The van der Waals surface area contributed by atoms with E-state index in [1.165, 1.54) is 18.2 Å². The number of carbonyl (C=O) groups excluding carboxylic acids is 4. The van der Waals surface area contributed by atoms with Crippen molar-refractivity contribution in [3.05, 3.63) is 89.5 Å². The number of hydrogen-bond acceptors (Lipinski definition) is 10. The lowest BCUT2D eigenvalue weighted by Crippen LogP contribution is -2.09. The Kier molecular flexibility index (Phi) is 13.5. The summed E-state index contributed by atoms with van der Waals surface area (Å²) < 4.78 is 21.1. The number of ether oxygens (including phenoxy) is 4. The Morgan fingerprint density at radius 3 is 1.82 bits per heavy atom. The highest BCUT2D eigenvalue weighted by Crippen LogP contribution is 2.19. The van der Waals surface area contributed by atoms with Crippen LogP contribution in [0.25, 0.3) is 6.08 Å². The summed E-state index contributed by atoms with van der Waals surface area (Å²) in [6.45, 7) is 2.52. The fourth-order valence-electron chi connectivity index (χ4n) is 3.99. The van der Waals surface area contributed by atoms with Gasteiger partial charge in [0, 0.05) is 23.9 Å². The summed E-state index contributed by atoms with van der Waals surface area (Å²) in [7, 11) is 0. The van der Waals surface area contributed by atoms with Crippen molar-refractivity contribution in [2.45, 2.75) is 51.9 Å². The van der Waals surface area contributed by atoms with E-state index in [0.717, 1.165) is 19.3 Å². The highest BCUT2D eigenvalue weighted by molar-refractivity contribution is 5.92. The minimum absolute atomic E-state index is 0.229. The van der Waals surface area contributed by atoms with Crippen LogP contribution in [0.5, 0.6) is 11.5 Å². The molecule has 0 heterocycles. The highest BCUT2D eigenvalue weighted by atomic mass is 16.5. The standard InChI is InChI=1S/C34H38N2O8/c1-2-3-5-8-31(37)43-29-14-16-30(17-15-29)44-32(38)18-11-24-9-12-25(13-10-24)33(39)41-19-6-4-7-20-42-34(40)26-21-27(35)23-28(36)22-26/h9-18,21-23H,2-8,19-20,35-36H2,1H3/b18-11+. The van der Waals surface area contributed by atoms with Crippen LogP contribution in [-0.4, -0.2) is 37.1 Å². The van der Waals surface area contributed by atoms with E-state index in [4.69, 9.17) is 30.4 Å². The zero-order valence-corrected chi connectivity index (χ0v) is 24.8. The molecular formula is C34H38N2O8. The van der Waals surface area contributed by atoms with E-state index in [9.17, 15) is 19.2 Å². The molecule has 0 atom stereocenters. The Labute approximate surface area is 256 Å². The Hall–Kier alpha value is -5.12. The number of nitrogen functional groups attached to an aromatic ring is 2. The first-order chi connectivity index (χ1) is 21.2. The second kappa shape index (κ2) is 17.7. The molecule has 4 N–H and O–H groups in total. The van der Waals surface area contributed by atoms with Crippen LogP contribution in [-0.2, 0) is 19.1 Å². The summed E-state index contributed by atoms with van der Waals surface area (Å²) in [5.74, 6) is -1.12.